The van der Waals surface area contributed by atoms with Crippen LogP contribution in [0, 0.1) is 5.41 Å². The number of hydrogen-bond acceptors (Lipinski definition) is 4. The highest BCUT2D eigenvalue weighted by Gasteiger charge is 2.35. The van der Waals surface area contributed by atoms with Crippen molar-refractivity contribution in [3.63, 3.8) is 0 Å². The van der Waals surface area contributed by atoms with E-state index in [9.17, 15) is 4.79 Å². The second-order valence-corrected chi connectivity index (χ2v) is 3.97. The molecule has 1 heterocycles. The van der Waals surface area contributed by atoms with Crippen LogP contribution in [0.3, 0.4) is 0 Å². The maximum Gasteiger partial charge on any atom is 0.323 e. The number of benzene rings is 1. The molecule has 1 unspecified atom stereocenters. The Morgan fingerprint density at radius 1 is 1.33 bits per heavy atom. The summed E-state index contributed by atoms with van der Waals surface area (Å²) in [5.74, 6) is 1.41. The Morgan fingerprint density at radius 2 is 2.06 bits per heavy atom. The van der Waals surface area contributed by atoms with Gasteiger partial charge in [0.05, 0.1) is 14.2 Å². The van der Waals surface area contributed by atoms with Gasteiger partial charge in [0.2, 0.25) is 0 Å². The third-order valence-corrected chi connectivity index (χ3v) is 2.95. The molecule has 6 nitrogen and oxygen atoms in total. The van der Waals surface area contributed by atoms with Crippen molar-refractivity contribution in [2.45, 2.75) is 6.04 Å². The lowest BCUT2D eigenvalue weighted by Gasteiger charge is -2.20. The number of amides is 2. The van der Waals surface area contributed by atoms with Gasteiger partial charge in [-0.25, -0.2) is 4.79 Å². The molecule has 1 aliphatic heterocycles. The number of nitrogens with one attached hydrogen (secondary N) is 2. The van der Waals surface area contributed by atoms with Gasteiger partial charge in [-0.15, -0.1) is 0 Å². The highest BCUT2D eigenvalue weighted by molar-refractivity contribution is 6.06. The predicted molar refractivity (Wildman–Crippen MR) is 66.3 cm³/mol. The quantitative estimate of drug-likeness (QED) is 0.849. The van der Waals surface area contributed by atoms with Gasteiger partial charge >= 0.3 is 6.03 Å². The Hall–Kier alpha value is -2.24. The van der Waals surface area contributed by atoms with Crippen LogP contribution in [0.25, 0.3) is 0 Å². The van der Waals surface area contributed by atoms with Crippen LogP contribution in [0.2, 0.25) is 0 Å². The summed E-state index contributed by atoms with van der Waals surface area (Å²) in [4.78, 5) is 13.0. The molecular weight excluding hydrogens is 234 g/mol. The summed E-state index contributed by atoms with van der Waals surface area (Å²) in [7, 11) is 4.76. The maximum absolute atomic E-state index is 11.5. The first kappa shape index (κ1) is 12.2. The normalized spacial score (nSPS) is 18.8. The summed E-state index contributed by atoms with van der Waals surface area (Å²) < 4.78 is 10.4. The molecule has 0 aliphatic carbocycles. The van der Waals surface area contributed by atoms with Gasteiger partial charge in [-0.2, -0.15) is 0 Å². The van der Waals surface area contributed by atoms with Gasteiger partial charge < -0.3 is 14.4 Å². The van der Waals surface area contributed by atoms with Gasteiger partial charge in [-0.05, 0) is 18.2 Å². The minimum Gasteiger partial charge on any atom is -0.497 e. The van der Waals surface area contributed by atoms with Gasteiger partial charge in [0.1, 0.15) is 23.4 Å². The fourth-order valence-electron chi connectivity index (χ4n) is 2.00. The van der Waals surface area contributed by atoms with E-state index in [2.05, 4.69) is 5.32 Å². The Morgan fingerprint density at radius 3 is 2.56 bits per heavy atom. The SMILES string of the molecule is COc1ccc(OC)c(C2C(=N)NC(=O)N2C)c1. The molecule has 1 atom stereocenters. The largest absolute Gasteiger partial charge is 0.497 e. The van der Waals surface area contributed by atoms with Crippen LogP contribution in [0.5, 0.6) is 11.5 Å². The molecule has 0 aromatic heterocycles. The van der Waals surface area contributed by atoms with Crippen molar-refractivity contribution in [2.75, 3.05) is 21.3 Å². The first-order valence-electron chi connectivity index (χ1n) is 5.42. The van der Waals surface area contributed by atoms with Crippen LogP contribution in [0.15, 0.2) is 18.2 Å². The molecule has 18 heavy (non-hydrogen) atoms. The second-order valence-electron chi connectivity index (χ2n) is 3.97. The molecule has 1 aliphatic rings. The molecule has 0 spiro atoms. The van der Waals surface area contributed by atoms with Crippen molar-refractivity contribution >= 4 is 11.9 Å². The van der Waals surface area contributed by atoms with E-state index in [1.807, 2.05) is 0 Å². The van der Waals surface area contributed by atoms with Crippen LogP contribution in [0.4, 0.5) is 4.79 Å². The van der Waals surface area contributed by atoms with Gasteiger partial charge in [0.25, 0.3) is 0 Å². The van der Waals surface area contributed by atoms with Crippen LogP contribution >= 0.6 is 0 Å². The van der Waals surface area contributed by atoms with Crippen LogP contribution < -0.4 is 14.8 Å². The lowest BCUT2D eigenvalue weighted by atomic mass is 10.0. The Kier molecular flexibility index (Phi) is 3.10. The molecule has 2 rings (SSSR count). The predicted octanol–water partition coefficient (Wildman–Crippen LogP) is 1.38. The molecule has 0 radical (unpaired) electrons. The topological polar surface area (TPSA) is 74.6 Å². The van der Waals surface area contributed by atoms with Crippen molar-refractivity contribution in [1.82, 2.24) is 10.2 Å². The highest BCUT2D eigenvalue weighted by atomic mass is 16.5. The van der Waals surface area contributed by atoms with E-state index in [0.717, 1.165) is 5.56 Å². The van der Waals surface area contributed by atoms with Crippen molar-refractivity contribution in [3.8, 4) is 11.5 Å². The summed E-state index contributed by atoms with van der Waals surface area (Å²) in [6.45, 7) is 0. The molecule has 6 heteroatoms. The summed E-state index contributed by atoms with van der Waals surface area (Å²) in [5.41, 5.74) is 0.725. The second kappa shape index (κ2) is 4.56. The standard InChI is InChI=1S/C12H15N3O3/c1-15-10(11(13)14-12(15)16)8-6-7(17-2)4-5-9(8)18-3/h4-6,10H,1-3H3,(H2,13,14,16). The number of nitrogens with zero attached hydrogens (tertiary/aromatic N) is 1. The Labute approximate surface area is 105 Å². The zero-order valence-electron chi connectivity index (χ0n) is 10.5. The van der Waals surface area contributed by atoms with Gasteiger partial charge in [-0.3, -0.25) is 10.7 Å². The molecule has 1 saturated heterocycles. The van der Waals surface area contributed by atoms with Gasteiger partial charge in [-0.1, -0.05) is 0 Å². The number of amidine groups is 1. The summed E-state index contributed by atoms with van der Waals surface area (Å²) in [6.07, 6.45) is 0. The van der Waals surface area contributed by atoms with Gasteiger partial charge in [0, 0.05) is 12.6 Å². The zero-order valence-corrected chi connectivity index (χ0v) is 10.5. The average Bonchev–Trinajstić information content (AvgIpc) is 2.62. The average molecular weight is 249 g/mol. The number of hydrogen-bond donors (Lipinski definition) is 2. The first-order valence-corrected chi connectivity index (χ1v) is 5.42. The number of carbonyl (C=O) groups is 1. The van der Waals surface area contributed by atoms with E-state index in [4.69, 9.17) is 14.9 Å². The minimum absolute atomic E-state index is 0.133. The highest BCUT2D eigenvalue weighted by Crippen LogP contribution is 2.34. The third-order valence-electron chi connectivity index (χ3n) is 2.95. The lowest BCUT2D eigenvalue weighted by Crippen LogP contribution is -2.25. The smallest absolute Gasteiger partial charge is 0.323 e. The zero-order chi connectivity index (χ0) is 13.3. The van der Waals surface area contributed by atoms with Crippen LogP contribution in [-0.4, -0.2) is 38.0 Å². The number of urea groups is 1. The fourth-order valence-corrected chi connectivity index (χ4v) is 2.00. The molecule has 1 fully saturated rings. The van der Waals surface area contributed by atoms with Crippen LogP contribution in [0.1, 0.15) is 11.6 Å². The molecular formula is C12H15N3O3. The summed E-state index contributed by atoms with van der Waals surface area (Å²) >= 11 is 0. The molecule has 1 aromatic carbocycles. The van der Waals surface area contributed by atoms with E-state index < -0.39 is 6.04 Å². The molecule has 0 bridgehead atoms. The number of carbonyl (C=O) groups excluding carboxylic acids is 1. The fraction of sp³-hybridized carbons (Fsp3) is 0.333. The van der Waals surface area contributed by atoms with E-state index in [1.54, 1.807) is 39.5 Å². The number of ether oxygens (including phenoxy) is 2. The summed E-state index contributed by atoms with van der Waals surface area (Å²) in [5, 5.41) is 10.3. The molecule has 96 valence electrons. The van der Waals surface area contributed by atoms with Crippen molar-refractivity contribution < 1.29 is 14.3 Å². The molecule has 0 saturated carbocycles. The first-order chi connectivity index (χ1) is 8.58. The van der Waals surface area contributed by atoms with Gasteiger partial charge in [0.15, 0.2) is 0 Å². The van der Waals surface area contributed by atoms with E-state index in [0.29, 0.717) is 11.5 Å². The maximum atomic E-state index is 11.5. The molecule has 1 aromatic rings. The van der Waals surface area contributed by atoms with E-state index in [1.165, 1.54) is 4.90 Å². The summed E-state index contributed by atoms with van der Waals surface area (Å²) in [6, 6.07) is 4.54. The van der Waals surface area contributed by atoms with E-state index in [-0.39, 0.29) is 11.9 Å². The number of methoxy groups -OCH3 is 2. The van der Waals surface area contributed by atoms with Crippen molar-refractivity contribution in [3.05, 3.63) is 23.8 Å². The van der Waals surface area contributed by atoms with Crippen molar-refractivity contribution in [2.24, 2.45) is 0 Å². The van der Waals surface area contributed by atoms with E-state index >= 15 is 0 Å². The molecule has 2 N–H and O–H groups in total. The third kappa shape index (κ3) is 1.85. The minimum atomic E-state index is -0.470. The number of likely N-dealkylation sites (N-methyl/N-ethyl adjacent to an activating group) is 1. The van der Waals surface area contributed by atoms with Crippen LogP contribution in [-0.2, 0) is 0 Å². The lowest BCUT2D eigenvalue weighted by molar-refractivity contribution is 0.217. The number of rotatable bonds is 3. The van der Waals surface area contributed by atoms with Crippen molar-refractivity contribution in [1.29, 1.82) is 5.41 Å². The monoisotopic (exact) mass is 249 g/mol. The Bertz CT molecular complexity index is 501. The molecule has 2 amide bonds. The Balaban J connectivity index is 2.48.